The van der Waals surface area contributed by atoms with Gasteiger partial charge in [-0.3, -0.25) is 0 Å². The summed E-state index contributed by atoms with van der Waals surface area (Å²) in [4.78, 5) is 0. The van der Waals surface area contributed by atoms with Crippen LogP contribution in [0.4, 0.5) is 22.0 Å². The molecule has 162 valence electrons. The molecule has 0 atom stereocenters. The fourth-order valence-corrected chi connectivity index (χ4v) is 5.22. The van der Waals surface area contributed by atoms with Gasteiger partial charge in [0.1, 0.15) is 5.82 Å². The third-order valence-electron chi connectivity index (χ3n) is 6.95. The fraction of sp³-hybridized carbons (Fsp3) is 0.667. The van der Waals surface area contributed by atoms with Gasteiger partial charge in [0.25, 0.3) is 6.43 Å². The Morgan fingerprint density at radius 3 is 2.03 bits per heavy atom. The van der Waals surface area contributed by atoms with Gasteiger partial charge in [-0.15, -0.1) is 0 Å². The third-order valence-corrected chi connectivity index (χ3v) is 6.95. The van der Waals surface area contributed by atoms with E-state index in [1.165, 1.54) is 25.0 Å². The highest BCUT2D eigenvalue weighted by Crippen LogP contribution is 2.44. The first-order valence-corrected chi connectivity index (χ1v) is 11.0. The van der Waals surface area contributed by atoms with E-state index in [-0.39, 0.29) is 12.3 Å². The van der Waals surface area contributed by atoms with E-state index in [1.54, 1.807) is 6.07 Å². The molecule has 0 amide bonds. The van der Waals surface area contributed by atoms with Gasteiger partial charge in [0.05, 0.1) is 5.56 Å². The lowest BCUT2D eigenvalue weighted by atomic mass is 9.68. The van der Waals surface area contributed by atoms with Gasteiger partial charge in [-0.1, -0.05) is 24.3 Å². The molecule has 2 saturated carbocycles. The molecule has 3 rings (SSSR count). The van der Waals surface area contributed by atoms with Crippen LogP contribution in [0.3, 0.4) is 0 Å². The maximum Gasteiger partial charge on any atom is 0.266 e. The highest BCUT2D eigenvalue weighted by atomic mass is 19.3. The molecule has 0 spiro atoms. The van der Waals surface area contributed by atoms with E-state index >= 15 is 0 Å². The maximum atomic E-state index is 13.9. The van der Waals surface area contributed by atoms with E-state index in [0.717, 1.165) is 50.0 Å². The lowest BCUT2D eigenvalue weighted by Crippen LogP contribution is -2.25. The van der Waals surface area contributed by atoms with Gasteiger partial charge in [0.2, 0.25) is 6.43 Å². The van der Waals surface area contributed by atoms with Crippen molar-refractivity contribution in [2.45, 2.75) is 83.0 Å². The Labute approximate surface area is 170 Å². The molecule has 2 aliphatic rings. The molecule has 2 fully saturated rings. The molecular formula is C24H31F5. The van der Waals surface area contributed by atoms with Crippen molar-refractivity contribution in [3.8, 4) is 0 Å². The zero-order chi connectivity index (χ0) is 20.8. The molecule has 0 bridgehead atoms. The summed E-state index contributed by atoms with van der Waals surface area (Å²) in [6.45, 7) is 0. The van der Waals surface area contributed by atoms with Crippen LogP contribution in [0.1, 0.15) is 87.7 Å². The van der Waals surface area contributed by atoms with E-state index in [0.29, 0.717) is 18.3 Å². The molecule has 0 saturated heterocycles. The van der Waals surface area contributed by atoms with Crippen molar-refractivity contribution < 1.29 is 22.0 Å². The van der Waals surface area contributed by atoms with Crippen molar-refractivity contribution in [3.63, 3.8) is 0 Å². The van der Waals surface area contributed by atoms with Crippen LogP contribution in [0.25, 0.3) is 0 Å². The SMILES string of the molecule is Fc1cc([C@H]2CC[C@H]([C@H]3CC[C@H](C=CCCC(F)F)CC3)CC2)ccc1C(F)F. The minimum Gasteiger partial charge on any atom is -0.211 e. The monoisotopic (exact) mass is 414 g/mol. The highest BCUT2D eigenvalue weighted by molar-refractivity contribution is 5.28. The first kappa shape index (κ1) is 22.3. The second-order valence-corrected chi connectivity index (χ2v) is 8.76. The molecule has 0 aromatic heterocycles. The van der Waals surface area contributed by atoms with Gasteiger partial charge in [0.15, 0.2) is 0 Å². The van der Waals surface area contributed by atoms with Crippen molar-refractivity contribution in [2.75, 3.05) is 0 Å². The Bertz CT molecular complexity index is 653. The average molecular weight is 415 g/mol. The number of allylic oxidation sites excluding steroid dienone is 2. The molecular weight excluding hydrogens is 383 g/mol. The summed E-state index contributed by atoms with van der Waals surface area (Å²) in [5.41, 5.74) is 0.338. The van der Waals surface area contributed by atoms with Crippen LogP contribution in [-0.4, -0.2) is 6.43 Å². The van der Waals surface area contributed by atoms with Crippen molar-refractivity contribution in [1.82, 2.24) is 0 Å². The molecule has 0 nitrogen and oxygen atoms in total. The molecule has 1 aromatic rings. The van der Waals surface area contributed by atoms with E-state index in [1.807, 2.05) is 6.08 Å². The summed E-state index contributed by atoms with van der Waals surface area (Å²) in [6, 6.07) is 4.21. The molecule has 0 N–H and O–H groups in total. The van der Waals surface area contributed by atoms with Crippen molar-refractivity contribution >= 4 is 0 Å². The predicted octanol–water partition coefficient (Wildman–Crippen LogP) is 8.45. The zero-order valence-corrected chi connectivity index (χ0v) is 16.8. The number of hydrogen-bond donors (Lipinski definition) is 0. The van der Waals surface area contributed by atoms with Crippen molar-refractivity contribution in [3.05, 3.63) is 47.3 Å². The van der Waals surface area contributed by atoms with E-state index < -0.39 is 24.2 Å². The average Bonchev–Trinajstić information content (AvgIpc) is 2.71. The Balaban J connectivity index is 1.43. The summed E-state index contributed by atoms with van der Waals surface area (Å²) in [7, 11) is 0. The van der Waals surface area contributed by atoms with Gasteiger partial charge in [-0.05, 0) is 93.1 Å². The predicted molar refractivity (Wildman–Crippen MR) is 106 cm³/mol. The topological polar surface area (TPSA) is 0 Å². The van der Waals surface area contributed by atoms with Gasteiger partial charge in [-0.2, -0.15) is 0 Å². The smallest absolute Gasteiger partial charge is 0.211 e. The van der Waals surface area contributed by atoms with Crippen LogP contribution in [0.15, 0.2) is 30.4 Å². The largest absolute Gasteiger partial charge is 0.266 e. The van der Waals surface area contributed by atoms with Crippen molar-refractivity contribution in [1.29, 1.82) is 0 Å². The van der Waals surface area contributed by atoms with E-state index in [2.05, 4.69) is 6.08 Å². The molecule has 0 radical (unpaired) electrons. The first-order valence-electron chi connectivity index (χ1n) is 11.0. The Hall–Kier alpha value is -1.39. The minimum absolute atomic E-state index is 0.0517. The zero-order valence-electron chi connectivity index (χ0n) is 16.8. The quantitative estimate of drug-likeness (QED) is 0.310. The summed E-state index contributed by atoms with van der Waals surface area (Å²) in [6.07, 6.45) is 8.33. The van der Waals surface area contributed by atoms with Gasteiger partial charge >= 0.3 is 0 Å². The lowest BCUT2D eigenvalue weighted by Gasteiger charge is -2.37. The second-order valence-electron chi connectivity index (χ2n) is 8.76. The summed E-state index contributed by atoms with van der Waals surface area (Å²) < 4.78 is 63.7. The fourth-order valence-electron chi connectivity index (χ4n) is 5.22. The molecule has 0 heterocycles. The normalized spacial score (nSPS) is 28.5. The van der Waals surface area contributed by atoms with Gasteiger partial charge < -0.3 is 0 Å². The van der Waals surface area contributed by atoms with E-state index in [9.17, 15) is 22.0 Å². The van der Waals surface area contributed by atoms with Crippen LogP contribution in [0.2, 0.25) is 0 Å². The Morgan fingerprint density at radius 2 is 1.48 bits per heavy atom. The molecule has 5 heteroatoms. The Morgan fingerprint density at radius 1 is 0.862 bits per heavy atom. The number of hydrogen-bond acceptors (Lipinski definition) is 0. The van der Waals surface area contributed by atoms with Crippen LogP contribution in [-0.2, 0) is 0 Å². The van der Waals surface area contributed by atoms with Crippen LogP contribution >= 0.6 is 0 Å². The molecule has 1 aromatic carbocycles. The lowest BCUT2D eigenvalue weighted by molar-refractivity contribution is 0.139. The van der Waals surface area contributed by atoms with E-state index in [4.69, 9.17) is 0 Å². The number of alkyl halides is 4. The summed E-state index contributed by atoms with van der Waals surface area (Å²) in [5, 5.41) is 0. The van der Waals surface area contributed by atoms with Crippen LogP contribution in [0.5, 0.6) is 0 Å². The summed E-state index contributed by atoms with van der Waals surface area (Å²) in [5.74, 6) is 1.41. The Kier molecular flexibility index (Phi) is 8.14. The van der Waals surface area contributed by atoms with Crippen molar-refractivity contribution in [2.24, 2.45) is 17.8 Å². The van der Waals surface area contributed by atoms with Crippen LogP contribution < -0.4 is 0 Å². The molecule has 29 heavy (non-hydrogen) atoms. The second kappa shape index (κ2) is 10.6. The molecule has 0 unspecified atom stereocenters. The number of rotatable bonds is 7. The molecule has 0 aliphatic heterocycles. The van der Waals surface area contributed by atoms with Crippen LogP contribution in [0, 0.1) is 23.6 Å². The highest BCUT2D eigenvalue weighted by Gasteiger charge is 2.31. The standard InChI is InChI=1S/C24H31F5/c25-22-15-20(13-14-21(22)24(28)29)19-11-9-18(10-12-19)17-7-5-16(6-8-17)3-1-2-4-23(26)27/h1,3,13-19,23-24H,2,4-12H2/t16-,17-,18-,19-. The first-order chi connectivity index (χ1) is 13.9. The van der Waals surface area contributed by atoms with Gasteiger partial charge in [-0.25, -0.2) is 22.0 Å². The summed E-state index contributed by atoms with van der Waals surface area (Å²) >= 11 is 0. The number of halogens is 5. The minimum atomic E-state index is -2.77. The third kappa shape index (κ3) is 6.29. The molecule has 2 aliphatic carbocycles. The maximum absolute atomic E-state index is 13.9. The number of benzene rings is 1. The van der Waals surface area contributed by atoms with Gasteiger partial charge in [0, 0.05) is 6.42 Å².